The molecule has 1 N–H and O–H groups in total. The lowest BCUT2D eigenvalue weighted by atomic mass is 10.5. The zero-order chi connectivity index (χ0) is 10.8. The number of pyridine rings is 1. The Balaban J connectivity index is 3.12. The molecule has 1 heterocycles. The smallest absolute Gasteiger partial charge is 0.176 e. The van der Waals surface area contributed by atoms with E-state index in [9.17, 15) is 20.7 Å². The zero-order valence-corrected chi connectivity index (χ0v) is 8.29. The van der Waals surface area contributed by atoms with Crippen molar-refractivity contribution in [3.8, 4) is 0 Å². The Kier molecular flexibility index (Phi) is 2.83. The number of halogens is 1. The first kappa shape index (κ1) is 11.0. The van der Waals surface area contributed by atoms with Gasteiger partial charge in [0.25, 0.3) is 0 Å². The predicted octanol–water partition coefficient (Wildman–Crippen LogP) is -1.13. The maximum atomic E-state index is 12.0. The molecule has 0 unspecified atom stereocenters. The molecule has 0 bridgehead atoms. The monoisotopic (exact) mass is 241 g/mol. The molecule has 0 radical (unpaired) electrons. The van der Waals surface area contributed by atoms with Crippen molar-refractivity contribution >= 4 is 20.6 Å². The largest absolute Gasteiger partial charge is 0.460 e. The molecule has 9 heteroatoms. The number of aromatic nitrogens is 1. The summed E-state index contributed by atoms with van der Waals surface area (Å²) in [7, 11) is -9.70. The van der Waals surface area contributed by atoms with Crippen molar-refractivity contribution in [3.63, 3.8) is 0 Å². The lowest BCUT2D eigenvalue weighted by Gasteiger charge is -1.95. The Hall–Kier alpha value is -1.06. The van der Waals surface area contributed by atoms with Crippen LogP contribution in [0.2, 0.25) is 0 Å². The van der Waals surface area contributed by atoms with Gasteiger partial charge in [-0.05, 0) is 4.13 Å². The van der Waals surface area contributed by atoms with E-state index in [4.69, 9.17) is 0 Å². The Morgan fingerprint density at radius 2 is 1.50 bits per heavy atom. The van der Waals surface area contributed by atoms with Crippen molar-refractivity contribution in [1.82, 2.24) is 4.13 Å². The highest BCUT2D eigenvalue weighted by molar-refractivity contribution is 7.99. The minimum absolute atomic E-state index is 0.532. The molecule has 0 aliphatic carbocycles. The van der Waals surface area contributed by atoms with Crippen LogP contribution in [0.1, 0.15) is 0 Å². The molecule has 1 aromatic rings. The van der Waals surface area contributed by atoms with Gasteiger partial charge in [0.05, 0.1) is 0 Å². The van der Waals surface area contributed by atoms with Crippen LogP contribution < -0.4 is 8.10 Å². The van der Waals surface area contributed by atoms with Gasteiger partial charge in [0, 0.05) is 12.1 Å². The Morgan fingerprint density at radius 3 is 1.93 bits per heavy atom. The summed E-state index contributed by atoms with van der Waals surface area (Å²) in [6.45, 7) is 0. The molecule has 0 fully saturated rings. The van der Waals surface area contributed by atoms with Gasteiger partial charge in [0.1, 0.15) is 0 Å². The van der Waals surface area contributed by atoms with Crippen LogP contribution in [0.25, 0.3) is 0 Å². The van der Waals surface area contributed by atoms with Gasteiger partial charge in [-0.2, -0.15) is 8.42 Å². The molecule has 0 saturated carbocycles. The second-order valence-corrected chi connectivity index (χ2v) is 5.15. The maximum absolute atomic E-state index is 12.0. The average Bonchev–Trinajstić information content (AvgIpc) is 2.01. The van der Waals surface area contributed by atoms with Crippen LogP contribution in [0.4, 0.5) is 3.89 Å². The van der Waals surface area contributed by atoms with Gasteiger partial charge in [-0.25, -0.2) is 0 Å². The SMILES string of the molecule is O=S(=O)(F)NS(=O)(=O)[n+]1ccccc1. The minimum Gasteiger partial charge on any atom is -0.176 e. The second-order valence-electron chi connectivity index (χ2n) is 2.23. The molecule has 14 heavy (non-hydrogen) atoms. The average molecular weight is 241 g/mol. The summed E-state index contributed by atoms with van der Waals surface area (Å²) >= 11 is 0. The van der Waals surface area contributed by atoms with E-state index in [2.05, 4.69) is 0 Å². The van der Waals surface area contributed by atoms with E-state index in [1.54, 1.807) is 0 Å². The van der Waals surface area contributed by atoms with E-state index in [1.165, 1.54) is 18.2 Å². The van der Waals surface area contributed by atoms with Crippen LogP contribution in [0.15, 0.2) is 30.6 Å². The van der Waals surface area contributed by atoms with E-state index in [0.717, 1.165) is 16.5 Å². The summed E-state index contributed by atoms with van der Waals surface area (Å²) in [5, 5.41) is 0. The lowest BCUT2D eigenvalue weighted by molar-refractivity contribution is -0.512. The first-order valence-electron chi connectivity index (χ1n) is 3.26. The molecule has 0 saturated heterocycles. The van der Waals surface area contributed by atoms with Gasteiger partial charge in [-0.1, -0.05) is 13.9 Å². The third-order valence-electron chi connectivity index (χ3n) is 1.17. The predicted molar refractivity (Wildman–Crippen MR) is 44.1 cm³/mol. The van der Waals surface area contributed by atoms with Gasteiger partial charge in [-0.3, -0.25) is 0 Å². The lowest BCUT2D eigenvalue weighted by Crippen LogP contribution is -2.51. The molecule has 78 valence electrons. The van der Waals surface area contributed by atoms with Crippen molar-refractivity contribution in [2.45, 2.75) is 0 Å². The van der Waals surface area contributed by atoms with Gasteiger partial charge in [0.2, 0.25) is 0 Å². The van der Waals surface area contributed by atoms with Gasteiger partial charge < -0.3 is 0 Å². The van der Waals surface area contributed by atoms with Gasteiger partial charge in [0.15, 0.2) is 12.4 Å². The molecule has 0 aromatic carbocycles. The van der Waals surface area contributed by atoms with Crippen LogP contribution in [0, 0.1) is 0 Å². The molecular weight excluding hydrogens is 235 g/mol. The third kappa shape index (κ3) is 3.01. The molecule has 0 atom stereocenters. The van der Waals surface area contributed by atoms with Crippen molar-refractivity contribution in [2.75, 3.05) is 0 Å². The molecule has 0 amide bonds. The van der Waals surface area contributed by atoms with Crippen LogP contribution in [0.3, 0.4) is 0 Å². The van der Waals surface area contributed by atoms with E-state index in [0.29, 0.717) is 3.97 Å². The van der Waals surface area contributed by atoms with Crippen LogP contribution in [-0.4, -0.2) is 16.8 Å². The summed E-state index contributed by atoms with van der Waals surface area (Å²) in [5.41, 5.74) is 0. The number of hydrogen-bond donors (Lipinski definition) is 1. The van der Waals surface area contributed by atoms with E-state index < -0.39 is 20.6 Å². The molecule has 6 nitrogen and oxygen atoms in total. The second kappa shape index (κ2) is 3.59. The highest BCUT2D eigenvalue weighted by Gasteiger charge is 2.27. The topological polar surface area (TPSA) is 84.2 Å². The molecule has 1 rings (SSSR count). The van der Waals surface area contributed by atoms with Crippen LogP contribution in [-0.2, 0) is 20.6 Å². The van der Waals surface area contributed by atoms with Crippen LogP contribution >= 0.6 is 0 Å². The fraction of sp³-hybridized carbons (Fsp3) is 0. The summed E-state index contributed by atoms with van der Waals surface area (Å²) in [4.78, 5) is 0. The van der Waals surface area contributed by atoms with Crippen molar-refractivity contribution in [1.29, 1.82) is 0 Å². The molecule has 0 spiro atoms. The van der Waals surface area contributed by atoms with Crippen molar-refractivity contribution < 1.29 is 24.7 Å². The van der Waals surface area contributed by atoms with Crippen molar-refractivity contribution in [3.05, 3.63) is 30.6 Å². The molecular formula is C5H6FN2O4S2+. The van der Waals surface area contributed by atoms with E-state index in [-0.39, 0.29) is 0 Å². The third-order valence-corrected chi connectivity index (χ3v) is 3.61. The standard InChI is InChI=1S/C5H6FN2O4S2/c6-13(9,10)7-14(11,12)8-4-2-1-3-5-8/h1-5,7H/q+1. The molecule has 0 aliphatic rings. The highest BCUT2D eigenvalue weighted by Crippen LogP contribution is 1.88. The van der Waals surface area contributed by atoms with E-state index >= 15 is 0 Å². The number of hydrogen-bond acceptors (Lipinski definition) is 4. The molecule has 0 aliphatic heterocycles. The van der Waals surface area contributed by atoms with Crippen molar-refractivity contribution in [2.24, 2.45) is 0 Å². The Morgan fingerprint density at radius 1 is 1.00 bits per heavy atom. The minimum atomic E-state index is -5.29. The summed E-state index contributed by atoms with van der Waals surface area (Å²) in [6.07, 6.45) is 2.13. The quantitative estimate of drug-likeness (QED) is 0.536. The highest BCUT2D eigenvalue weighted by atomic mass is 32.3. The van der Waals surface area contributed by atoms with Gasteiger partial charge >= 0.3 is 20.6 Å². The fourth-order valence-corrected chi connectivity index (χ4v) is 2.52. The Labute approximate surface area is 80.5 Å². The normalized spacial score (nSPS) is 12.6. The number of nitrogens with one attached hydrogen (secondary N) is 1. The number of nitrogens with zero attached hydrogens (tertiary/aromatic N) is 1. The fourth-order valence-electron chi connectivity index (χ4n) is 0.712. The van der Waals surface area contributed by atoms with Gasteiger partial charge in [-0.15, -0.1) is 8.42 Å². The summed E-state index contributed by atoms with van der Waals surface area (Å²) in [6, 6.07) is 4.23. The van der Waals surface area contributed by atoms with E-state index in [1.807, 2.05) is 0 Å². The first-order valence-corrected chi connectivity index (χ1v) is 6.09. The number of rotatable bonds is 3. The maximum Gasteiger partial charge on any atom is 0.460 e. The molecule has 1 aromatic heterocycles. The first-order chi connectivity index (χ1) is 6.31. The zero-order valence-electron chi connectivity index (χ0n) is 6.66. The Bertz CT molecular complexity index is 510. The summed E-state index contributed by atoms with van der Waals surface area (Å²) in [5.74, 6) is 0. The van der Waals surface area contributed by atoms with Crippen LogP contribution in [0.5, 0.6) is 0 Å². The summed E-state index contributed by atoms with van der Waals surface area (Å²) < 4.78 is 55.7.